The minimum absolute atomic E-state index is 0.109. The first-order valence-electron chi connectivity index (χ1n) is 7.03. The average Bonchev–Trinajstić information content (AvgIpc) is 2.80. The number of esters is 1. The summed E-state index contributed by atoms with van der Waals surface area (Å²) < 4.78 is 6.75. The van der Waals surface area contributed by atoms with Gasteiger partial charge in [-0.2, -0.15) is 5.10 Å². The summed E-state index contributed by atoms with van der Waals surface area (Å²) in [5, 5.41) is 8.31. The van der Waals surface area contributed by atoms with Crippen molar-refractivity contribution in [3.63, 3.8) is 0 Å². The normalized spacial score (nSPS) is 14.0. The lowest BCUT2D eigenvalue weighted by Gasteiger charge is -2.20. The topological polar surface area (TPSA) is 81.9 Å². The fourth-order valence-corrected chi connectivity index (χ4v) is 2.06. The predicted octanol–water partition coefficient (Wildman–Crippen LogP) is 1.67. The molecule has 0 unspecified atom stereocenters. The Bertz CT molecular complexity index is 652. The van der Waals surface area contributed by atoms with E-state index in [2.05, 4.69) is 20.4 Å². The first-order chi connectivity index (χ1) is 9.93. The van der Waals surface area contributed by atoms with Gasteiger partial charge in [-0.15, -0.1) is 0 Å². The second-order valence-electron chi connectivity index (χ2n) is 5.10. The number of carbonyl (C=O) groups excluding carboxylic acids is 1. The van der Waals surface area contributed by atoms with Gasteiger partial charge in [0.2, 0.25) is 0 Å². The molecule has 2 heterocycles. The minimum Gasteiger partial charge on any atom is -0.466 e. The van der Waals surface area contributed by atoms with Crippen molar-refractivity contribution >= 4 is 22.8 Å². The van der Waals surface area contributed by atoms with E-state index in [1.807, 2.05) is 27.8 Å². The molecule has 0 radical (unpaired) electrons. The third-order valence-corrected chi connectivity index (χ3v) is 3.48. The summed E-state index contributed by atoms with van der Waals surface area (Å²) in [6, 6.07) is -0.109. The molecular formula is C14H21N5O2. The monoisotopic (exact) mass is 291 g/mol. The van der Waals surface area contributed by atoms with Crippen molar-refractivity contribution in [3.05, 3.63) is 12.0 Å². The molecule has 0 aromatic carbocycles. The number of nitrogens with one attached hydrogen (secondary N) is 1. The molecule has 0 aliphatic carbocycles. The Morgan fingerprint density at radius 2 is 2.14 bits per heavy atom. The van der Waals surface area contributed by atoms with Crippen LogP contribution in [0.5, 0.6) is 0 Å². The highest BCUT2D eigenvalue weighted by molar-refractivity contribution is 5.86. The molecule has 0 fully saturated rings. The molecule has 2 aromatic rings. The van der Waals surface area contributed by atoms with Crippen molar-refractivity contribution in [2.45, 2.75) is 33.7 Å². The van der Waals surface area contributed by atoms with Gasteiger partial charge in [-0.1, -0.05) is 0 Å². The Balaban J connectivity index is 2.25. The SMILES string of the molecule is CCOC(=O)[C@@H](C)[C@H](C)Nc1nc(C)nc2c1cnn2C. The van der Waals surface area contributed by atoms with Crippen LogP contribution >= 0.6 is 0 Å². The smallest absolute Gasteiger partial charge is 0.310 e. The van der Waals surface area contributed by atoms with Crippen LogP contribution < -0.4 is 5.32 Å². The van der Waals surface area contributed by atoms with Crippen LogP contribution in [0.2, 0.25) is 0 Å². The van der Waals surface area contributed by atoms with Crippen LogP contribution in [-0.4, -0.2) is 38.4 Å². The molecule has 114 valence electrons. The molecule has 0 bridgehead atoms. The Kier molecular flexibility index (Phi) is 4.40. The Morgan fingerprint density at radius 3 is 2.81 bits per heavy atom. The van der Waals surface area contributed by atoms with Crippen LogP contribution in [-0.2, 0) is 16.6 Å². The molecule has 0 saturated carbocycles. The fourth-order valence-electron chi connectivity index (χ4n) is 2.06. The lowest BCUT2D eigenvalue weighted by Crippen LogP contribution is -2.31. The number of fused-ring (bicyclic) bond motifs is 1. The van der Waals surface area contributed by atoms with Crippen LogP contribution in [0.15, 0.2) is 6.20 Å². The van der Waals surface area contributed by atoms with Crippen molar-refractivity contribution in [3.8, 4) is 0 Å². The van der Waals surface area contributed by atoms with Crippen molar-refractivity contribution in [1.82, 2.24) is 19.7 Å². The van der Waals surface area contributed by atoms with E-state index in [0.717, 1.165) is 11.0 Å². The summed E-state index contributed by atoms with van der Waals surface area (Å²) >= 11 is 0. The maximum Gasteiger partial charge on any atom is 0.310 e. The second kappa shape index (κ2) is 6.07. The van der Waals surface area contributed by atoms with E-state index >= 15 is 0 Å². The van der Waals surface area contributed by atoms with E-state index in [4.69, 9.17) is 4.74 Å². The number of nitrogens with zero attached hydrogens (tertiary/aromatic N) is 4. The molecule has 0 aliphatic rings. The zero-order chi connectivity index (χ0) is 15.6. The number of carbonyl (C=O) groups is 1. The molecule has 2 aromatic heterocycles. The first kappa shape index (κ1) is 15.2. The molecule has 0 spiro atoms. The van der Waals surface area contributed by atoms with Gasteiger partial charge >= 0.3 is 5.97 Å². The Hall–Kier alpha value is -2.18. The summed E-state index contributed by atoms with van der Waals surface area (Å²) in [7, 11) is 1.84. The molecule has 21 heavy (non-hydrogen) atoms. The van der Waals surface area contributed by atoms with Crippen molar-refractivity contribution in [1.29, 1.82) is 0 Å². The Morgan fingerprint density at radius 1 is 1.43 bits per heavy atom. The number of aromatic nitrogens is 4. The highest BCUT2D eigenvalue weighted by atomic mass is 16.5. The number of aryl methyl sites for hydroxylation is 2. The number of hydrogen-bond donors (Lipinski definition) is 1. The summed E-state index contributed by atoms with van der Waals surface area (Å²) in [4.78, 5) is 20.6. The third-order valence-electron chi connectivity index (χ3n) is 3.48. The molecule has 7 heteroatoms. The van der Waals surface area contributed by atoms with Crippen LogP contribution in [0.4, 0.5) is 5.82 Å². The number of hydrogen-bond acceptors (Lipinski definition) is 6. The Labute approximate surface area is 123 Å². The van der Waals surface area contributed by atoms with Gasteiger partial charge < -0.3 is 10.1 Å². The lowest BCUT2D eigenvalue weighted by molar-refractivity contribution is -0.147. The molecule has 0 amide bonds. The van der Waals surface area contributed by atoms with Gasteiger partial charge in [0.15, 0.2) is 5.65 Å². The number of ether oxygens (including phenoxy) is 1. The molecular weight excluding hydrogens is 270 g/mol. The van der Waals surface area contributed by atoms with Crippen LogP contribution in [0.25, 0.3) is 11.0 Å². The lowest BCUT2D eigenvalue weighted by atomic mass is 10.0. The highest BCUT2D eigenvalue weighted by Crippen LogP contribution is 2.21. The molecule has 0 aliphatic heterocycles. The molecule has 2 rings (SSSR count). The quantitative estimate of drug-likeness (QED) is 0.844. The first-order valence-corrected chi connectivity index (χ1v) is 7.03. The van der Waals surface area contributed by atoms with E-state index in [0.29, 0.717) is 18.2 Å². The van der Waals surface area contributed by atoms with Crippen molar-refractivity contribution in [2.75, 3.05) is 11.9 Å². The van der Waals surface area contributed by atoms with Crippen molar-refractivity contribution < 1.29 is 9.53 Å². The van der Waals surface area contributed by atoms with Gasteiger partial charge in [0.05, 0.1) is 24.1 Å². The zero-order valence-electron chi connectivity index (χ0n) is 13.0. The number of rotatable bonds is 5. The van der Waals surface area contributed by atoms with Gasteiger partial charge in [-0.05, 0) is 27.7 Å². The van der Waals surface area contributed by atoms with E-state index < -0.39 is 0 Å². The van der Waals surface area contributed by atoms with E-state index in [1.54, 1.807) is 17.8 Å². The van der Waals surface area contributed by atoms with Gasteiger partial charge in [0.1, 0.15) is 11.6 Å². The van der Waals surface area contributed by atoms with E-state index in [9.17, 15) is 4.79 Å². The largest absolute Gasteiger partial charge is 0.466 e. The maximum absolute atomic E-state index is 11.8. The van der Waals surface area contributed by atoms with Crippen LogP contribution in [0.3, 0.4) is 0 Å². The standard InChI is InChI=1S/C14H21N5O2/c1-6-21-14(20)8(2)9(3)16-12-11-7-15-19(5)13(11)18-10(4)17-12/h7-9H,6H2,1-5H3,(H,16,17,18)/t8-,9-/m0/s1. The molecule has 2 atom stereocenters. The minimum atomic E-state index is -0.271. The second-order valence-corrected chi connectivity index (χ2v) is 5.10. The van der Waals surface area contributed by atoms with Crippen molar-refractivity contribution in [2.24, 2.45) is 13.0 Å². The molecule has 1 N–H and O–H groups in total. The summed E-state index contributed by atoms with van der Waals surface area (Å²) in [6.45, 7) is 7.79. The van der Waals surface area contributed by atoms with E-state index in [1.165, 1.54) is 0 Å². The highest BCUT2D eigenvalue weighted by Gasteiger charge is 2.22. The zero-order valence-corrected chi connectivity index (χ0v) is 13.0. The number of anilines is 1. The molecule has 7 nitrogen and oxygen atoms in total. The third kappa shape index (κ3) is 3.12. The van der Waals surface area contributed by atoms with Gasteiger partial charge in [-0.3, -0.25) is 9.48 Å². The fraction of sp³-hybridized carbons (Fsp3) is 0.571. The van der Waals surface area contributed by atoms with Crippen LogP contribution in [0, 0.1) is 12.8 Å². The summed E-state index contributed by atoms with van der Waals surface area (Å²) in [6.07, 6.45) is 1.72. The summed E-state index contributed by atoms with van der Waals surface area (Å²) in [5.41, 5.74) is 0.765. The summed E-state index contributed by atoms with van der Waals surface area (Å²) in [5.74, 6) is 0.858. The predicted molar refractivity (Wildman–Crippen MR) is 79.9 cm³/mol. The van der Waals surface area contributed by atoms with Gasteiger partial charge in [0, 0.05) is 13.1 Å². The van der Waals surface area contributed by atoms with Gasteiger partial charge in [-0.25, -0.2) is 9.97 Å². The average molecular weight is 291 g/mol. The maximum atomic E-state index is 11.8. The molecule has 0 saturated heterocycles. The van der Waals surface area contributed by atoms with Gasteiger partial charge in [0.25, 0.3) is 0 Å². The van der Waals surface area contributed by atoms with Crippen LogP contribution in [0.1, 0.15) is 26.6 Å². The van der Waals surface area contributed by atoms with E-state index in [-0.39, 0.29) is 17.9 Å².